The first-order valence-electron chi connectivity index (χ1n) is 8.19. The lowest BCUT2D eigenvalue weighted by Gasteiger charge is -2.33. The summed E-state index contributed by atoms with van der Waals surface area (Å²) in [5.74, 6) is 1.06. The van der Waals surface area contributed by atoms with E-state index in [0.29, 0.717) is 0 Å². The Morgan fingerprint density at radius 2 is 2.00 bits per heavy atom. The van der Waals surface area contributed by atoms with Crippen LogP contribution < -0.4 is 4.74 Å². The van der Waals surface area contributed by atoms with Crippen molar-refractivity contribution < 1.29 is 13.5 Å². The summed E-state index contributed by atoms with van der Waals surface area (Å²) in [6, 6.07) is 7.05. The van der Waals surface area contributed by atoms with Crippen LogP contribution in [0.15, 0.2) is 30.5 Å². The second-order valence-corrected chi connectivity index (χ2v) is 5.96. The number of ether oxygens (including phenoxy) is 1. The highest BCUT2D eigenvalue weighted by Crippen LogP contribution is 2.28. The van der Waals surface area contributed by atoms with Gasteiger partial charge < -0.3 is 4.74 Å². The molecule has 1 aromatic carbocycles. The number of rotatable bonds is 5. The summed E-state index contributed by atoms with van der Waals surface area (Å²) in [7, 11) is 0. The highest BCUT2D eigenvalue weighted by atomic mass is 19.3. The monoisotopic (exact) mass is 333 g/mol. The van der Waals surface area contributed by atoms with Crippen LogP contribution in [0.2, 0.25) is 0 Å². The third-order valence-electron chi connectivity index (χ3n) is 4.48. The first-order valence-corrected chi connectivity index (χ1v) is 8.19. The molecule has 0 bridgehead atoms. The molecule has 0 spiro atoms. The molecule has 3 rings (SSSR count). The zero-order valence-corrected chi connectivity index (χ0v) is 13.9. The Labute approximate surface area is 140 Å². The summed E-state index contributed by atoms with van der Waals surface area (Å²) < 4.78 is 28.9. The molecular weight excluding hydrogens is 312 g/mol. The van der Waals surface area contributed by atoms with E-state index in [2.05, 4.69) is 26.5 Å². The first kappa shape index (κ1) is 16.8. The maximum Gasteiger partial charge on any atom is 0.387 e. The Morgan fingerprint density at radius 3 is 2.67 bits per heavy atom. The zero-order valence-electron chi connectivity index (χ0n) is 13.9. The Bertz CT molecular complexity index is 691. The van der Waals surface area contributed by atoms with Gasteiger partial charge in [-0.3, -0.25) is 4.90 Å². The molecule has 0 fully saturated rings. The van der Waals surface area contributed by atoms with Crippen LogP contribution in [0.5, 0.6) is 5.75 Å². The van der Waals surface area contributed by atoms with Gasteiger partial charge in [-0.05, 0) is 36.6 Å². The fourth-order valence-corrected chi connectivity index (χ4v) is 3.00. The summed E-state index contributed by atoms with van der Waals surface area (Å²) >= 11 is 0. The van der Waals surface area contributed by atoms with Gasteiger partial charge in [0.2, 0.25) is 0 Å². The van der Waals surface area contributed by atoms with Gasteiger partial charge >= 0.3 is 6.61 Å². The highest BCUT2D eigenvalue weighted by Gasteiger charge is 2.23. The van der Waals surface area contributed by atoms with Crippen molar-refractivity contribution >= 4 is 0 Å². The average molecular weight is 333 g/mol. The Morgan fingerprint density at radius 1 is 1.25 bits per heavy atom. The van der Waals surface area contributed by atoms with E-state index in [9.17, 15) is 8.78 Å². The minimum atomic E-state index is -2.79. The van der Waals surface area contributed by atoms with Crippen LogP contribution in [0, 0.1) is 0 Å². The number of hydrogen-bond acceptors (Lipinski definition) is 4. The lowest BCUT2D eigenvalue weighted by atomic mass is 10.0. The minimum absolute atomic E-state index is 0.179. The molecule has 0 saturated heterocycles. The van der Waals surface area contributed by atoms with Crippen LogP contribution >= 0.6 is 0 Å². The SMILES string of the molecule is CCc1ncc2c(n1)CN(C(C)c1ccc(OC(F)F)cc1)CC2. The quantitative estimate of drug-likeness (QED) is 0.835. The largest absolute Gasteiger partial charge is 0.435 e. The van der Waals surface area contributed by atoms with Gasteiger partial charge in [0.15, 0.2) is 0 Å². The van der Waals surface area contributed by atoms with E-state index in [4.69, 9.17) is 0 Å². The van der Waals surface area contributed by atoms with Crippen LogP contribution in [-0.2, 0) is 19.4 Å². The summed E-state index contributed by atoms with van der Waals surface area (Å²) in [6.45, 7) is 3.09. The number of alkyl halides is 2. The van der Waals surface area contributed by atoms with E-state index < -0.39 is 6.61 Å². The third-order valence-corrected chi connectivity index (χ3v) is 4.48. The predicted molar refractivity (Wildman–Crippen MR) is 87.0 cm³/mol. The summed E-state index contributed by atoms with van der Waals surface area (Å²) in [5, 5.41) is 0. The number of aryl methyl sites for hydroxylation is 1. The lowest BCUT2D eigenvalue weighted by molar-refractivity contribution is -0.0498. The van der Waals surface area contributed by atoms with Crippen LogP contribution in [0.25, 0.3) is 0 Å². The molecule has 0 saturated carbocycles. The fourth-order valence-electron chi connectivity index (χ4n) is 3.00. The molecule has 1 aliphatic rings. The highest BCUT2D eigenvalue weighted by molar-refractivity contribution is 5.30. The Hall–Kier alpha value is -2.08. The third kappa shape index (κ3) is 3.70. The van der Waals surface area contributed by atoms with Crippen molar-refractivity contribution in [2.45, 2.75) is 45.9 Å². The van der Waals surface area contributed by atoms with Gasteiger partial charge in [0.05, 0.1) is 5.69 Å². The molecule has 6 heteroatoms. The summed E-state index contributed by atoms with van der Waals surface area (Å²) in [4.78, 5) is 11.4. The smallest absolute Gasteiger partial charge is 0.387 e. The van der Waals surface area contributed by atoms with E-state index in [1.54, 1.807) is 12.1 Å². The molecule has 1 aliphatic heterocycles. The van der Waals surface area contributed by atoms with E-state index in [1.165, 1.54) is 5.56 Å². The fraction of sp³-hybridized carbons (Fsp3) is 0.444. The van der Waals surface area contributed by atoms with E-state index in [-0.39, 0.29) is 11.8 Å². The zero-order chi connectivity index (χ0) is 17.1. The molecule has 1 atom stereocenters. The van der Waals surface area contributed by atoms with Crippen molar-refractivity contribution in [2.24, 2.45) is 0 Å². The maximum absolute atomic E-state index is 12.2. The molecule has 2 aromatic rings. The number of nitrogens with zero attached hydrogens (tertiary/aromatic N) is 3. The molecular formula is C18H21F2N3O. The van der Waals surface area contributed by atoms with Gasteiger partial charge in [-0.25, -0.2) is 9.97 Å². The second-order valence-electron chi connectivity index (χ2n) is 5.96. The molecule has 0 radical (unpaired) electrons. The number of aromatic nitrogens is 2. The van der Waals surface area contributed by atoms with Gasteiger partial charge in [-0.15, -0.1) is 0 Å². The number of benzene rings is 1. The van der Waals surface area contributed by atoms with Crippen LogP contribution in [0.1, 0.15) is 42.5 Å². The van der Waals surface area contributed by atoms with Crippen molar-refractivity contribution in [3.05, 3.63) is 53.1 Å². The molecule has 128 valence electrons. The van der Waals surface area contributed by atoms with Crippen molar-refractivity contribution in [1.29, 1.82) is 0 Å². The molecule has 0 aliphatic carbocycles. The topological polar surface area (TPSA) is 38.2 Å². The maximum atomic E-state index is 12.2. The molecule has 1 unspecified atom stereocenters. The number of halogens is 2. The van der Waals surface area contributed by atoms with Gasteiger partial charge in [0.25, 0.3) is 0 Å². The molecule has 0 N–H and O–H groups in total. The molecule has 2 heterocycles. The van der Waals surface area contributed by atoms with Gasteiger partial charge in [0, 0.05) is 31.7 Å². The average Bonchev–Trinajstić information content (AvgIpc) is 2.60. The van der Waals surface area contributed by atoms with E-state index >= 15 is 0 Å². The standard InChI is InChI=1S/C18H21F2N3O/c1-3-17-21-10-14-8-9-23(11-16(14)22-17)12(2)13-4-6-15(7-5-13)24-18(19)20/h4-7,10,12,18H,3,8-9,11H2,1-2H3. The van der Waals surface area contributed by atoms with Crippen LogP contribution in [-0.4, -0.2) is 28.0 Å². The molecule has 0 amide bonds. The van der Waals surface area contributed by atoms with Gasteiger partial charge in [-0.1, -0.05) is 19.1 Å². The van der Waals surface area contributed by atoms with Gasteiger partial charge in [0.1, 0.15) is 11.6 Å². The van der Waals surface area contributed by atoms with E-state index in [1.807, 2.05) is 25.3 Å². The normalized spacial score (nSPS) is 16.0. The van der Waals surface area contributed by atoms with Crippen LogP contribution in [0.4, 0.5) is 8.78 Å². The first-order chi connectivity index (χ1) is 11.6. The van der Waals surface area contributed by atoms with Gasteiger partial charge in [-0.2, -0.15) is 8.78 Å². The Balaban J connectivity index is 1.72. The van der Waals surface area contributed by atoms with Crippen molar-refractivity contribution in [3.63, 3.8) is 0 Å². The second kappa shape index (κ2) is 7.21. The molecule has 1 aromatic heterocycles. The number of hydrogen-bond donors (Lipinski definition) is 0. The predicted octanol–water partition coefficient (Wildman–Crippen LogP) is 3.76. The lowest BCUT2D eigenvalue weighted by Crippen LogP contribution is -2.33. The summed E-state index contributed by atoms with van der Waals surface area (Å²) in [6.07, 6.45) is 3.70. The Kier molecular flexibility index (Phi) is 5.04. The molecule has 24 heavy (non-hydrogen) atoms. The number of fused-ring (bicyclic) bond motifs is 1. The van der Waals surface area contributed by atoms with E-state index in [0.717, 1.165) is 43.0 Å². The van der Waals surface area contributed by atoms with Crippen LogP contribution in [0.3, 0.4) is 0 Å². The minimum Gasteiger partial charge on any atom is -0.435 e. The summed E-state index contributed by atoms with van der Waals surface area (Å²) in [5.41, 5.74) is 3.39. The molecule has 4 nitrogen and oxygen atoms in total. The van der Waals surface area contributed by atoms with Crippen molar-refractivity contribution in [1.82, 2.24) is 14.9 Å². The van der Waals surface area contributed by atoms with Crippen molar-refractivity contribution in [3.8, 4) is 5.75 Å². The van der Waals surface area contributed by atoms with Crippen molar-refractivity contribution in [2.75, 3.05) is 6.54 Å².